The van der Waals surface area contributed by atoms with Crippen molar-refractivity contribution in [3.63, 3.8) is 0 Å². The Kier molecular flexibility index (Phi) is 6.49. The first-order valence-electron chi connectivity index (χ1n) is 13.6. The molecule has 10 nitrogen and oxygen atoms in total. The van der Waals surface area contributed by atoms with Crippen molar-refractivity contribution in [3.8, 4) is 5.75 Å². The lowest BCUT2D eigenvalue weighted by atomic mass is 9.53. The fourth-order valence-corrected chi connectivity index (χ4v) is 8.06. The highest BCUT2D eigenvalue weighted by Gasteiger charge is 2.69. The van der Waals surface area contributed by atoms with Crippen molar-refractivity contribution in [2.24, 2.45) is 23.5 Å². The van der Waals surface area contributed by atoms with Crippen molar-refractivity contribution >= 4 is 17.5 Å². The van der Waals surface area contributed by atoms with E-state index >= 15 is 0 Å². The summed E-state index contributed by atoms with van der Waals surface area (Å²) >= 11 is 0. The zero-order valence-electron chi connectivity index (χ0n) is 22.7. The van der Waals surface area contributed by atoms with Crippen molar-refractivity contribution in [3.05, 3.63) is 40.2 Å². The number of Topliss-reactive ketones (excluding diaryl/α,β-unsaturated/α-hetero) is 2. The first-order chi connectivity index (χ1) is 18.2. The van der Waals surface area contributed by atoms with Crippen LogP contribution in [-0.4, -0.2) is 85.9 Å². The minimum Gasteiger partial charge on any atom is -0.508 e. The molecule has 7 N–H and O–H groups in total. The van der Waals surface area contributed by atoms with Crippen molar-refractivity contribution in [1.29, 1.82) is 0 Å². The SMILES string of the molecule is C[C@H]1c2ccc(C3(C)CCCCC3)c(O)c2C(=O)C2=C(O)[C@]3(O)C(=O)C(C(N)=O)C(O)[C@@H](N(C)C)[C@@H]3[C@@H](O)[C@@H]21. The van der Waals surface area contributed by atoms with Gasteiger partial charge in [0.25, 0.3) is 0 Å². The molecular formula is C29H38N2O8. The number of aliphatic hydroxyl groups excluding tert-OH is 3. The summed E-state index contributed by atoms with van der Waals surface area (Å²) in [7, 11) is 3.09. The molecule has 0 radical (unpaired) electrons. The van der Waals surface area contributed by atoms with E-state index in [1.807, 2.05) is 6.07 Å². The van der Waals surface area contributed by atoms with Gasteiger partial charge in [-0.3, -0.25) is 14.4 Å². The Morgan fingerprint density at radius 1 is 1.05 bits per heavy atom. The van der Waals surface area contributed by atoms with Gasteiger partial charge in [-0.2, -0.15) is 0 Å². The summed E-state index contributed by atoms with van der Waals surface area (Å²) in [5.74, 6) is -9.40. The number of carbonyl (C=O) groups is 3. The van der Waals surface area contributed by atoms with E-state index in [4.69, 9.17) is 5.73 Å². The molecule has 2 unspecified atom stereocenters. The van der Waals surface area contributed by atoms with Crippen molar-refractivity contribution in [1.82, 2.24) is 4.90 Å². The maximum absolute atomic E-state index is 14.1. The number of carbonyl (C=O) groups excluding carboxylic acids is 3. The molecule has 4 aliphatic carbocycles. The van der Waals surface area contributed by atoms with Gasteiger partial charge in [0, 0.05) is 29.0 Å². The van der Waals surface area contributed by atoms with Crippen LogP contribution in [0.4, 0.5) is 0 Å². The number of hydrogen-bond donors (Lipinski definition) is 6. The maximum Gasteiger partial charge on any atom is 0.230 e. The fourth-order valence-electron chi connectivity index (χ4n) is 8.06. The standard InChI is InChI=1S/C29H38N2O8/c1-12-13-8-9-14(28(2)10-6-5-7-11-28)21(32)16(13)22(33)17-15(12)23(34)19-20(31(3)4)24(35)18(27(30)38)26(37)29(19,39)25(17)36/h8-9,12,15,18-20,23-24,32,34-36,39H,5-7,10-11H2,1-4H3,(H2,30,38)/t12-,15+,18?,19+,20-,23-,24?,29-/m0/s1. The summed E-state index contributed by atoms with van der Waals surface area (Å²) in [5, 5.41) is 57.6. The number of hydrogen-bond acceptors (Lipinski definition) is 9. The molecular weight excluding hydrogens is 504 g/mol. The molecule has 0 aliphatic heterocycles. The summed E-state index contributed by atoms with van der Waals surface area (Å²) in [6, 6.07) is 2.45. The number of nitrogens with zero attached hydrogens (tertiary/aromatic N) is 1. The van der Waals surface area contributed by atoms with Gasteiger partial charge in [0.05, 0.1) is 17.8 Å². The summed E-state index contributed by atoms with van der Waals surface area (Å²) in [6.45, 7) is 3.80. The zero-order chi connectivity index (χ0) is 28.8. The average molecular weight is 543 g/mol. The van der Waals surface area contributed by atoms with E-state index in [0.29, 0.717) is 11.1 Å². The average Bonchev–Trinajstić information content (AvgIpc) is 2.86. The highest BCUT2D eigenvalue weighted by atomic mass is 16.4. The lowest BCUT2D eigenvalue weighted by Gasteiger charge is -2.56. The van der Waals surface area contributed by atoms with Crippen LogP contribution in [0.1, 0.15) is 73.4 Å². The normalized spacial score (nSPS) is 37.8. The van der Waals surface area contributed by atoms with Crippen LogP contribution in [0.15, 0.2) is 23.5 Å². The maximum atomic E-state index is 14.1. The number of aromatic hydroxyl groups is 1. The van der Waals surface area contributed by atoms with E-state index in [1.165, 1.54) is 4.90 Å². The molecule has 1 amide bonds. The van der Waals surface area contributed by atoms with Gasteiger partial charge >= 0.3 is 0 Å². The van der Waals surface area contributed by atoms with E-state index < -0.39 is 70.8 Å². The fraction of sp³-hybridized carbons (Fsp3) is 0.621. The van der Waals surface area contributed by atoms with Crippen molar-refractivity contribution < 1.29 is 39.9 Å². The third-order valence-electron chi connectivity index (χ3n) is 10.1. The molecule has 10 heteroatoms. The smallest absolute Gasteiger partial charge is 0.230 e. The Morgan fingerprint density at radius 2 is 1.67 bits per heavy atom. The molecule has 0 heterocycles. The number of ketones is 2. The number of amides is 1. The van der Waals surface area contributed by atoms with Gasteiger partial charge in [-0.15, -0.1) is 0 Å². The van der Waals surface area contributed by atoms with Gasteiger partial charge < -0.3 is 36.2 Å². The monoisotopic (exact) mass is 542 g/mol. The Morgan fingerprint density at radius 3 is 2.23 bits per heavy atom. The van der Waals surface area contributed by atoms with Crippen LogP contribution in [-0.2, 0) is 15.0 Å². The molecule has 8 atom stereocenters. The number of nitrogens with two attached hydrogens (primary N) is 1. The lowest BCUT2D eigenvalue weighted by molar-refractivity contribution is -0.194. The second kappa shape index (κ2) is 9.12. The molecule has 5 rings (SSSR count). The van der Waals surface area contributed by atoms with Crippen LogP contribution in [0.5, 0.6) is 5.75 Å². The number of fused-ring (bicyclic) bond motifs is 3. The van der Waals surface area contributed by atoms with Gasteiger partial charge in [0.15, 0.2) is 17.2 Å². The Hall–Kier alpha value is -2.79. The summed E-state index contributed by atoms with van der Waals surface area (Å²) in [6.07, 6.45) is 1.55. The molecule has 2 saturated carbocycles. The number of likely N-dealkylation sites (N-methyl/N-ethyl adjacent to an activating group) is 1. The Labute approximate surface area is 227 Å². The molecule has 0 aromatic heterocycles. The van der Waals surface area contributed by atoms with Crippen LogP contribution < -0.4 is 5.73 Å². The molecule has 212 valence electrons. The first-order valence-corrected chi connectivity index (χ1v) is 13.6. The van der Waals surface area contributed by atoms with E-state index in [9.17, 15) is 39.9 Å². The van der Waals surface area contributed by atoms with E-state index in [-0.39, 0.29) is 22.3 Å². The second-order valence-electron chi connectivity index (χ2n) is 12.4. The van der Waals surface area contributed by atoms with Gasteiger partial charge in [-0.05, 0) is 43.8 Å². The van der Waals surface area contributed by atoms with Gasteiger partial charge in [0.1, 0.15) is 17.4 Å². The van der Waals surface area contributed by atoms with E-state index in [2.05, 4.69) is 6.92 Å². The number of phenols is 1. The zero-order valence-corrected chi connectivity index (χ0v) is 22.7. The number of phenolic OH excluding ortho intramolecular Hbond substituents is 1. The lowest BCUT2D eigenvalue weighted by Crippen LogP contribution is -2.74. The quantitative estimate of drug-likeness (QED) is 0.304. The molecule has 2 fully saturated rings. The van der Waals surface area contributed by atoms with E-state index in [1.54, 1.807) is 27.1 Å². The third kappa shape index (κ3) is 3.58. The highest BCUT2D eigenvalue weighted by molar-refractivity contribution is 6.16. The molecule has 0 spiro atoms. The summed E-state index contributed by atoms with van der Waals surface area (Å²) in [5.41, 5.74) is 2.97. The number of benzene rings is 1. The second-order valence-corrected chi connectivity index (χ2v) is 12.4. The highest BCUT2D eigenvalue weighted by Crippen LogP contribution is 2.56. The molecule has 4 aliphatic rings. The molecule has 1 aromatic carbocycles. The molecule has 0 bridgehead atoms. The van der Waals surface area contributed by atoms with Crippen LogP contribution in [0.2, 0.25) is 0 Å². The number of rotatable bonds is 3. The van der Waals surface area contributed by atoms with Crippen LogP contribution >= 0.6 is 0 Å². The number of primary amides is 1. The number of aliphatic hydroxyl groups is 4. The van der Waals surface area contributed by atoms with Crippen LogP contribution in [0.3, 0.4) is 0 Å². The minimum absolute atomic E-state index is 0.0160. The largest absolute Gasteiger partial charge is 0.508 e. The molecule has 39 heavy (non-hydrogen) atoms. The van der Waals surface area contributed by atoms with Gasteiger partial charge in [-0.25, -0.2) is 0 Å². The Bertz CT molecular complexity index is 1280. The van der Waals surface area contributed by atoms with Crippen molar-refractivity contribution in [2.75, 3.05) is 14.1 Å². The Balaban J connectivity index is 1.73. The van der Waals surface area contributed by atoms with Crippen LogP contribution in [0, 0.1) is 17.8 Å². The summed E-state index contributed by atoms with van der Waals surface area (Å²) < 4.78 is 0. The van der Waals surface area contributed by atoms with E-state index in [0.717, 1.165) is 32.1 Å². The molecule has 1 aromatic rings. The minimum atomic E-state index is -2.85. The molecule has 0 saturated heterocycles. The van der Waals surface area contributed by atoms with Gasteiger partial charge in [-0.1, -0.05) is 45.2 Å². The predicted molar refractivity (Wildman–Crippen MR) is 140 cm³/mol. The van der Waals surface area contributed by atoms with Crippen LogP contribution in [0.25, 0.3) is 0 Å². The topological polar surface area (TPSA) is 182 Å². The first kappa shape index (κ1) is 27.8. The van der Waals surface area contributed by atoms with Gasteiger partial charge in [0.2, 0.25) is 5.91 Å². The van der Waals surface area contributed by atoms with Crippen molar-refractivity contribution in [2.45, 2.75) is 81.1 Å². The third-order valence-corrected chi connectivity index (χ3v) is 10.1. The summed E-state index contributed by atoms with van der Waals surface area (Å²) in [4.78, 5) is 41.3. The predicted octanol–water partition coefficient (Wildman–Crippen LogP) is 1.04.